The molecule has 3 aromatic carbocycles. The summed E-state index contributed by atoms with van der Waals surface area (Å²) in [5.41, 5.74) is -0.964. The van der Waals surface area contributed by atoms with Crippen LogP contribution in [-0.4, -0.2) is 34.7 Å². The number of hydrogen-bond donors (Lipinski definition) is 0. The van der Waals surface area contributed by atoms with Crippen LogP contribution in [0.4, 0.5) is 4.39 Å². The molecule has 7 heteroatoms. The van der Waals surface area contributed by atoms with Gasteiger partial charge in [-0.25, -0.2) is 0 Å². The first-order valence-electron chi connectivity index (χ1n) is 10.2. The third-order valence-corrected chi connectivity index (χ3v) is 30.6. The average molecular weight is 655 g/mol. The van der Waals surface area contributed by atoms with E-state index in [1.54, 1.807) is 6.07 Å². The third-order valence-electron chi connectivity index (χ3n) is 6.36. The molecule has 1 heterocycles. The van der Waals surface area contributed by atoms with Crippen LogP contribution < -0.4 is 15.3 Å². The molecule has 162 valence electrons. The van der Waals surface area contributed by atoms with Gasteiger partial charge in [0.2, 0.25) is 0 Å². The second kappa shape index (κ2) is 7.82. The topological polar surface area (TPSA) is 18.5 Å². The van der Waals surface area contributed by atoms with E-state index in [9.17, 15) is 0 Å². The van der Waals surface area contributed by atoms with Gasteiger partial charge >= 0.3 is 193 Å². The Balaban J connectivity index is 2.03. The minimum absolute atomic E-state index is 0.284. The van der Waals surface area contributed by atoms with Crippen molar-refractivity contribution in [2.24, 2.45) is 0 Å². The average Bonchev–Trinajstić information content (AvgIpc) is 2.96. The first-order chi connectivity index (χ1) is 14.5. The van der Waals surface area contributed by atoms with E-state index in [0.717, 1.165) is 6.54 Å². The van der Waals surface area contributed by atoms with Crippen LogP contribution in [-0.2, 0) is 9.31 Å². The predicted octanol–water partition coefficient (Wildman–Crippen LogP) is 4.02. The molecule has 2 nitrogen and oxygen atoms in total. The molecule has 0 amide bonds. The third kappa shape index (κ3) is 3.67. The van der Waals surface area contributed by atoms with E-state index in [4.69, 9.17) is 26.3 Å². The van der Waals surface area contributed by atoms with Crippen LogP contribution in [0.2, 0.25) is 0 Å². The van der Waals surface area contributed by atoms with Gasteiger partial charge in [-0.3, -0.25) is 0 Å². The number of benzene rings is 3. The van der Waals surface area contributed by atoms with Gasteiger partial charge in [-0.2, -0.15) is 0 Å². The van der Waals surface area contributed by atoms with Gasteiger partial charge in [0.15, 0.2) is 0 Å². The van der Waals surface area contributed by atoms with Crippen molar-refractivity contribution < 1.29 is 13.7 Å². The molecule has 0 spiro atoms. The van der Waals surface area contributed by atoms with Crippen molar-refractivity contribution in [1.82, 2.24) is 0 Å². The van der Waals surface area contributed by atoms with Crippen molar-refractivity contribution in [2.45, 2.75) is 38.9 Å². The molecule has 0 atom stereocenters. The summed E-state index contributed by atoms with van der Waals surface area (Å²) < 4.78 is 30.2. The molecule has 0 aliphatic carbocycles. The Labute approximate surface area is 192 Å². The molecule has 1 aliphatic heterocycles. The predicted molar refractivity (Wildman–Crippen MR) is 131 cm³/mol. The van der Waals surface area contributed by atoms with E-state index in [-0.39, 0.29) is 5.46 Å². The van der Waals surface area contributed by atoms with Gasteiger partial charge in [-0.05, 0) is 0 Å². The molecule has 1 aliphatic rings. The molecule has 0 N–H and O–H groups in total. The van der Waals surface area contributed by atoms with Crippen molar-refractivity contribution in [1.29, 1.82) is 0 Å². The summed E-state index contributed by atoms with van der Waals surface area (Å²) in [5.74, 6) is -0.439. The molecule has 31 heavy (non-hydrogen) atoms. The Morgan fingerprint density at radius 1 is 0.710 bits per heavy atom. The van der Waals surface area contributed by atoms with Gasteiger partial charge in [0.1, 0.15) is 0 Å². The first-order valence-corrected chi connectivity index (χ1v) is 24.0. The summed E-state index contributed by atoms with van der Waals surface area (Å²) >= 11 is -5.33. The molecule has 1 fully saturated rings. The molecule has 4 rings (SSSR count). The molecule has 0 bridgehead atoms. The van der Waals surface area contributed by atoms with E-state index >= 15 is 4.39 Å². The van der Waals surface area contributed by atoms with Crippen molar-refractivity contribution in [3.63, 3.8) is 0 Å². The van der Waals surface area contributed by atoms with Crippen molar-refractivity contribution in [3.8, 4) is 0 Å². The Hall–Kier alpha value is -0.962. The Morgan fingerprint density at radius 2 is 1.16 bits per heavy atom. The van der Waals surface area contributed by atoms with Crippen molar-refractivity contribution in [2.75, 3.05) is 0 Å². The summed E-state index contributed by atoms with van der Waals surface area (Å²) in [6.07, 6.45) is 0. The van der Waals surface area contributed by atoms with E-state index < -0.39 is 40.5 Å². The summed E-state index contributed by atoms with van der Waals surface area (Å²) in [6.45, 7) is 7.76. The number of rotatable bonds is 4. The van der Waals surface area contributed by atoms with E-state index in [1.807, 2.05) is 94.4 Å². The van der Waals surface area contributed by atoms with Gasteiger partial charge in [-0.1, -0.05) is 0 Å². The second-order valence-electron chi connectivity index (χ2n) is 8.84. The molecule has 1 saturated heterocycles. The molecule has 0 radical (unpaired) electrons. The van der Waals surface area contributed by atoms with Crippen molar-refractivity contribution >= 4 is 55.8 Å². The molecule has 0 unspecified atom stereocenters. The number of halogens is 3. The fourth-order valence-corrected chi connectivity index (χ4v) is 23.0. The zero-order valence-electron chi connectivity index (χ0n) is 18.0. The Kier molecular flexibility index (Phi) is 5.85. The SMILES string of the molecule is CC1(C)OB(c2c(F)ccc[c]2[Bi]([Cl])([Cl])([c]2ccccc2)[c]2ccccc2)OC1(C)C. The second-order valence-corrected chi connectivity index (χ2v) is 35.2. The summed E-state index contributed by atoms with van der Waals surface area (Å²) in [5, 5.41) is 0. The maximum absolute atomic E-state index is 15.5. The first kappa shape index (κ1) is 23.2. The number of hydrogen-bond acceptors (Lipinski definition) is 2. The zero-order valence-corrected chi connectivity index (χ0v) is 23.0. The Bertz CT molecular complexity index is 1050. The normalized spacial score (nSPS) is 19.1. The quantitative estimate of drug-likeness (QED) is 0.396. The van der Waals surface area contributed by atoms with Crippen LogP contribution in [0, 0.1) is 5.82 Å². The summed E-state index contributed by atoms with van der Waals surface area (Å²) in [6, 6.07) is 24.1. The zero-order chi connectivity index (χ0) is 22.5. The molecule has 0 saturated carbocycles. The molecule has 3 aromatic rings. The van der Waals surface area contributed by atoms with E-state index in [2.05, 4.69) is 0 Å². The summed E-state index contributed by atoms with van der Waals surface area (Å²) in [4.78, 5) is 0. The van der Waals surface area contributed by atoms with Gasteiger partial charge < -0.3 is 0 Å². The van der Waals surface area contributed by atoms with Gasteiger partial charge in [0.05, 0.1) is 0 Å². The van der Waals surface area contributed by atoms with E-state index in [0.29, 0.717) is 3.27 Å². The fraction of sp³-hybridized carbons (Fsp3) is 0.250. The van der Waals surface area contributed by atoms with Crippen LogP contribution >= 0.6 is 17.0 Å². The standard InChI is InChI=1S/C12H15BFO2.2C6H5.Bi.2ClH/c1-11(2)12(3,4)16-13(15-11)9-7-5-6-8-10(9)14;2*1-2-4-6-5-3-1;;;/h5-6,8H,1-4H3;2*1-5H;;2*1H/q;;;+2;;/p-2. The molecular formula is C24H25BBiCl2FO2. The Morgan fingerprint density at radius 3 is 1.61 bits per heavy atom. The minimum atomic E-state index is -5.33. The van der Waals surface area contributed by atoms with Crippen LogP contribution in [0.3, 0.4) is 0 Å². The monoisotopic (exact) mass is 654 g/mol. The van der Waals surface area contributed by atoms with Gasteiger partial charge in [0.25, 0.3) is 0 Å². The van der Waals surface area contributed by atoms with E-state index in [1.165, 1.54) is 6.07 Å². The van der Waals surface area contributed by atoms with Crippen LogP contribution in [0.15, 0.2) is 78.9 Å². The molecule has 0 aromatic heterocycles. The van der Waals surface area contributed by atoms with Gasteiger partial charge in [0, 0.05) is 0 Å². The van der Waals surface area contributed by atoms with Crippen LogP contribution in [0.1, 0.15) is 27.7 Å². The van der Waals surface area contributed by atoms with Crippen molar-refractivity contribution in [3.05, 3.63) is 84.7 Å². The van der Waals surface area contributed by atoms with Gasteiger partial charge in [-0.15, -0.1) is 0 Å². The maximum atomic E-state index is 15.5. The van der Waals surface area contributed by atoms with Crippen LogP contribution in [0.5, 0.6) is 0 Å². The van der Waals surface area contributed by atoms with Crippen LogP contribution in [0.25, 0.3) is 0 Å². The molecular weight excluding hydrogens is 630 g/mol. The fourth-order valence-electron chi connectivity index (χ4n) is 3.87. The summed E-state index contributed by atoms with van der Waals surface area (Å²) in [7, 11) is 14.4.